The predicted octanol–water partition coefficient (Wildman–Crippen LogP) is 2.61. The van der Waals surface area contributed by atoms with E-state index in [2.05, 4.69) is 6.92 Å². The molecule has 1 rings (SSSR count). The first-order chi connectivity index (χ1) is 6.29. The van der Waals surface area contributed by atoms with E-state index in [1.54, 1.807) is 0 Å². The van der Waals surface area contributed by atoms with Crippen LogP contribution < -0.4 is 5.73 Å². The third-order valence-electron chi connectivity index (χ3n) is 2.33. The summed E-state index contributed by atoms with van der Waals surface area (Å²) in [7, 11) is 0. The second-order valence-corrected chi connectivity index (χ2v) is 3.31. The maximum absolute atomic E-state index is 12.6. The van der Waals surface area contributed by atoms with Crippen molar-refractivity contribution in [3.8, 4) is 0 Å². The van der Waals surface area contributed by atoms with Gasteiger partial charge in [0, 0.05) is 0 Å². The SMILES string of the molecule is CC(CCN)c1ccccc1CF. The highest BCUT2D eigenvalue weighted by atomic mass is 19.1. The second-order valence-electron chi connectivity index (χ2n) is 3.31. The minimum atomic E-state index is -0.384. The lowest BCUT2D eigenvalue weighted by molar-refractivity contribution is 0.479. The third kappa shape index (κ3) is 2.52. The third-order valence-corrected chi connectivity index (χ3v) is 2.33. The van der Waals surface area contributed by atoms with E-state index >= 15 is 0 Å². The summed E-state index contributed by atoms with van der Waals surface area (Å²) in [5, 5.41) is 0. The zero-order valence-corrected chi connectivity index (χ0v) is 7.96. The van der Waals surface area contributed by atoms with Crippen LogP contribution in [0.15, 0.2) is 24.3 Å². The van der Waals surface area contributed by atoms with E-state index in [4.69, 9.17) is 5.73 Å². The summed E-state index contributed by atoms with van der Waals surface area (Å²) < 4.78 is 12.6. The topological polar surface area (TPSA) is 26.0 Å². The summed E-state index contributed by atoms with van der Waals surface area (Å²) in [6.45, 7) is 2.36. The molecule has 0 fully saturated rings. The van der Waals surface area contributed by atoms with E-state index in [9.17, 15) is 4.39 Å². The standard InChI is InChI=1S/C11H16FN/c1-9(6-7-13)11-5-3-2-4-10(11)8-12/h2-5,9H,6-8,13H2,1H3. The average molecular weight is 181 g/mol. The largest absolute Gasteiger partial charge is 0.330 e. The summed E-state index contributed by atoms with van der Waals surface area (Å²) in [5.41, 5.74) is 7.35. The molecule has 72 valence electrons. The van der Waals surface area contributed by atoms with E-state index in [0.717, 1.165) is 17.5 Å². The molecule has 1 aromatic rings. The van der Waals surface area contributed by atoms with Gasteiger partial charge in [0.2, 0.25) is 0 Å². The van der Waals surface area contributed by atoms with Gasteiger partial charge in [-0.15, -0.1) is 0 Å². The number of halogens is 1. The van der Waals surface area contributed by atoms with Gasteiger partial charge in [-0.05, 0) is 30.0 Å². The van der Waals surface area contributed by atoms with Crippen LogP contribution in [0.5, 0.6) is 0 Å². The lowest BCUT2D eigenvalue weighted by Gasteiger charge is -2.13. The summed E-state index contributed by atoms with van der Waals surface area (Å²) in [4.78, 5) is 0. The van der Waals surface area contributed by atoms with Crippen LogP contribution in [0.25, 0.3) is 0 Å². The van der Waals surface area contributed by atoms with Gasteiger partial charge in [0.1, 0.15) is 6.67 Å². The van der Waals surface area contributed by atoms with Gasteiger partial charge >= 0.3 is 0 Å². The molecule has 0 amide bonds. The first kappa shape index (κ1) is 10.2. The van der Waals surface area contributed by atoms with Crippen molar-refractivity contribution < 1.29 is 4.39 Å². The molecule has 0 saturated heterocycles. The zero-order valence-electron chi connectivity index (χ0n) is 7.96. The molecule has 0 aliphatic heterocycles. The van der Waals surface area contributed by atoms with Gasteiger partial charge in [0.25, 0.3) is 0 Å². The molecule has 0 radical (unpaired) electrons. The first-order valence-electron chi connectivity index (χ1n) is 4.63. The van der Waals surface area contributed by atoms with E-state index in [1.165, 1.54) is 0 Å². The molecule has 1 nitrogen and oxygen atoms in total. The molecule has 0 spiro atoms. The fraction of sp³-hybridized carbons (Fsp3) is 0.455. The molecule has 2 N–H and O–H groups in total. The van der Waals surface area contributed by atoms with Gasteiger partial charge < -0.3 is 5.73 Å². The van der Waals surface area contributed by atoms with Crippen LogP contribution in [0, 0.1) is 0 Å². The van der Waals surface area contributed by atoms with Crippen molar-refractivity contribution in [3.63, 3.8) is 0 Å². The normalized spacial score (nSPS) is 12.8. The Labute approximate surface area is 78.8 Å². The second kappa shape index (κ2) is 4.97. The maximum atomic E-state index is 12.6. The molecule has 13 heavy (non-hydrogen) atoms. The predicted molar refractivity (Wildman–Crippen MR) is 53.3 cm³/mol. The Balaban J connectivity index is 2.85. The van der Waals surface area contributed by atoms with Crippen LogP contribution in [0.1, 0.15) is 30.4 Å². The van der Waals surface area contributed by atoms with Crippen molar-refractivity contribution in [1.29, 1.82) is 0 Å². The molecule has 1 unspecified atom stereocenters. The van der Waals surface area contributed by atoms with E-state index < -0.39 is 0 Å². The van der Waals surface area contributed by atoms with Gasteiger partial charge in [-0.1, -0.05) is 31.2 Å². The van der Waals surface area contributed by atoms with E-state index in [0.29, 0.717) is 12.5 Å². The molecular weight excluding hydrogens is 165 g/mol. The van der Waals surface area contributed by atoms with Crippen molar-refractivity contribution in [3.05, 3.63) is 35.4 Å². The molecule has 0 saturated carbocycles. The number of benzene rings is 1. The highest BCUT2D eigenvalue weighted by Crippen LogP contribution is 2.22. The Bertz CT molecular complexity index is 260. The quantitative estimate of drug-likeness (QED) is 0.759. The monoisotopic (exact) mass is 181 g/mol. The molecule has 0 bridgehead atoms. The number of alkyl halides is 1. The van der Waals surface area contributed by atoms with Gasteiger partial charge in [-0.2, -0.15) is 0 Å². The molecule has 1 atom stereocenters. The fourth-order valence-electron chi connectivity index (χ4n) is 1.54. The number of nitrogens with two attached hydrogens (primary N) is 1. The van der Waals surface area contributed by atoms with Crippen molar-refractivity contribution in [2.75, 3.05) is 6.54 Å². The van der Waals surface area contributed by atoms with Gasteiger partial charge in [0.05, 0.1) is 0 Å². The molecular formula is C11H16FN. The lowest BCUT2D eigenvalue weighted by atomic mass is 9.94. The molecule has 0 aromatic heterocycles. The Morgan fingerprint density at radius 2 is 2.08 bits per heavy atom. The van der Waals surface area contributed by atoms with Crippen LogP contribution in [-0.4, -0.2) is 6.54 Å². The molecule has 2 heteroatoms. The van der Waals surface area contributed by atoms with Gasteiger partial charge in [0.15, 0.2) is 0 Å². The average Bonchev–Trinajstić information content (AvgIpc) is 2.18. The fourth-order valence-corrected chi connectivity index (χ4v) is 1.54. The Kier molecular flexibility index (Phi) is 3.90. The van der Waals surface area contributed by atoms with E-state index in [-0.39, 0.29) is 6.67 Å². The van der Waals surface area contributed by atoms with Crippen LogP contribution in [-0.2, 0) is 6.67 Å². The number of rotatable bonds is 4. The minimum absolute atomic E-state index is 0.358. The summed E-state index contributed by atoms with van der Waals surface area (Å²) >= 11 is 0. The molecule has 0 aliphatic carbocycles. The van der Waals surface area contributed by atoms with Crippen LogP contribution in [0.3, 0.4) is 0 Å². The molecule has 1 aromatic carbocycles. The maximum Gasteiger partial charge on any atom is 0.115 e. The highest BCUT2D eigenvalue weighted by molar-refractivity contribution is 5.29. The number of hydrogen-bond acceptors (Lipinski definition) is 1. The summed E-state index contributed by atoms with van der Waals surface area (Å²) in [6.07, 6.45) is 0.914. The van der Waals surface area contributed by atoms with Crippen LogP contribution in [0.2, 0.25) is 0 Å². The van der Waals surface area contributed by atoms with Crippen molar-refractivity contribution >= 4 is 0 Å². The van der Waals surface area contributed by atoms with E-state index in [1.807, 2.05) is 24.3 Å². The lowest BCUT2D eigenvalue weighted by Crippen LogP contribution is -2.06. The summed E-state index contributed by atoms with van der Waals surface area (Å²) in [6, 6.07) is 7.63. The number of hydrogen-bond donors (Lipinski definition) is 1. The van der Waals surface area contributed by atoms with Gasteiger partial charge in [-0.3, -0.25) is 0 Å². The molecule has 0 heterocycles. The Hall–Kier alpha value is -0.890. The zero-order chi connectivity index (χ0) is 9.68. The Morgan fingerprint density at radius 1 is 1.38 bits per heavy atom. The first-order valence-corrected chi connectivity index (χ1v) is 4.63. The molecule has 0 aliphatic rings. The Morgan fingerprint density at radius 3 is 2.69 bits per heavy atom. The van der Waals surface area contributed by atoms with Crippen molar-refractivity contribution in [2.24, 2.45) is 5.73 Å². The highest BCUT2D eigenvalue weighted by Gasteiger charge is 2.08. The van der Waals surface area contributed by atoms with Crippen LogP contribution >= 0.6 is 0 Å². The van der Waals surface area contributed by atoms with Crippen LogP contribution in [0.4, 0.5) is 4.39 Å². The van der Waals surface area contributed by atoms with Crippen molar-refractivity contribution in [1.82, 2.24) is 0 Å². The smallest absolute Gasteiger partial charge is 0.115 e. The minimum Gasteiger partial charge on any atom is -0.330 e. The van der Waals surface area contributed by atoms with Crippen molar-refractivity contribution in [2.45, 2.75) is 25.9 Å². The summed E-state index contributed by atoms with van der Waals surface area (Å²) in [5.74, 6) is 0.358. The van der Waals surface area contributed by atoms with Gasteiger partial charge in [-0.25, -0.2) is 4.39 Å².